The van der Waals surface area contributed by atoms with Gasteiger partial charge in [0.15, 0.2) is 5.78 Å². The molecule has 0 saturated heterocycles. The van der Waals surface area contributed by atoms with E-state index >= 15 is 0 Å². The minimum absolute atomic E-state index is 0.0556. The highest BCUT2D eigenvalue weighted by molar-refractivity contribution is 9.10. The van der Waals surface area contributed by atoms with E-state index in [4.69, 9.17) is 0 Å². The van der Waals surface area contributed by atoms with Crippen LogP contribution in [0.4, 0.5) is 4.39 Å². The molecule has 1 aromatic heterocycles. The van der Waals surface area contributed by atoms with Crippen LogP contribution in [0.5, 0.6) is 0 Å². The number of ketones is 1. The standard InChI is InChI=1S/C14H14BrFN2O/c1-3-18-13(4-9(2)17-18)14(19)7-10-5-11(15)8-12(16)6-10/h4-6,8H,3,7H2,1-2H3. The molecule has 0 unspecified atom stereocenters. The van der Waals surface area contributed by atoms with Crippen molar-refractivity contribution in [2.45, 2.75) is 26.8 Å². The number of aromatic nitrogens is 2. The molecule has 0 bridgehead atoms. The largest absolute Gasteiger partial charge is 0.292 e. The third kappa shape index (κ3) is 3.29. The monoisotopic (exact) mass is 324 g/mol. The van der Waals surface area contributed by atoms with Gasteiger partial charge in [0.1, 0.15) is 11.5 Å². The van der Waals surface area contributed by atoms with Gasteiger partial charge in [0.05, 0.1) is 5.69 Å². The zero-order valence-corrected chi connectivity index (χ0v) is 12.4. The summed E-state index contributed by atoms with van der Waals surface area (Å²) in [6, 6.07) is 6.26. The predicted octanol–water partition coefficient (Wildman–Crippen LogP) is 3.54. The van der Waals surface area contributed by atoms with Crippen LogP contribution >= 0.6 is 15.9 Å². The van der Waals surface area contributed by atoms with Gasteiger partial charge in [-0.1, -0.05) is 15.9 Å². The molecule has 5 heteroatoms. The Bertz CT molecular complexity index is 602. The van der Waals surface area contributed by atoms with E-state index in [0.717, 1.165) is 5.69 Å². The molecule has 0 atom stereocenters. The molecule has 0 aliphatic carbocycles. The first-order chi connectivity index (χ1) is 8.99. The lowest BCUT2D eigenvalue weighted by Crippen LogP contribution is -2.11. The highest BCUT2D eigenvalue weighted by Crippen LogP contribution is 2.17. The maximum atomic E-state index is 13.3. The first-order valence-corrected chi connectivity index (χ1v) is 6.81. The summed E-state index contributed by atoms with van der Waals surface area (Å²) in [7, 11) is 0. The zero-order chi connectivity index (χ0) is 14.0. The van der Waals surface area contributed by atoms with Crippen LogP contribution in [-0.2, 0) is 13.0 Å². The van der Waals surface area contributed by atoms with Gasteiger partial charge < -0.3 is 0 Å². The fourth-order valence-corrected chi connectivity index (χ4v) is 2.51. The Morgan fingerprint density at radius 3 is 2.74 bits per heavy atom. The summed E-state index contributed by atoms with van der Waals surface area (Å²) in [4.78, 5) is 12.2. The maximum absolute atomic E-state index is 13.3. The molecule has 100 valence electrons. The number of carbonyl (C=O) groups excluding carboxylic acids is 1. The summed E-state index contributed by atoms with van der Waals surface area (Å²) in [5.74, 6) is -0.405. The van der Waals surface area contributed by atoms with Gasteiger partial charge >= 0.3 is 0 Å². The van der Waals surface area contributed by atoms with Gasteiger partial charge in [-0.3, -0.25) is 9.48 Å². The van der Waals surface area contributed by atoms with Gasteiger partial charge in [0.2, 0.25) is 0 Å². The van der Waals surface area contributed by atoms with Crippen LogP contribution in [0.2, 0.25) is 0 Å². The number of hydrogen-bond acceptors (Lipinski definition) is 2. The molecule has 19 heavy (non-hydrogen) atoms. The summed E-state index contributed by atoms with van der Waals surface area (Å²) in [5, 5.41) is 4.24. The smallest absolute Gasteiger partial charge is 0.185 e. The van der Waals surface area contributed by atoms with Gasteiger partial charge in [-0.2, -0.15) is 5.10 Å². The predicted molar refractivity (Wildman–Crippen MR) is 74.8 cm³/mol. The number of benzene rings is 1. The molecule has 1 aromatic carbocycles. The number of carbonyl (C=O) groups is 1. The first kappa shape index (κ1) is 13.9. The van der Waals surface area contributed by atoms with Crippen molar-refractivity contribution in [3.05, 3.63) is 51.5 Å². The molecule has 0 amide bonds. The van der Waals surface area contributed by atoms with Crippen molar-refractivity contribution in [2.75, 3.05) is 0 Å². The molecule has 3 nitrogen and oxygen atoms in total. The van der Waals surface area contributed by atoms with Crippen LogP contribution in [-0.4, -0.2) is 15.6 Å². The topological polar surface area (TPSA) is 34.9 Å². The lowest BCUT2D eigenvalue weighted by molar-refractivity contribution is 0.0982. The number of rotatable bonds is 4. The molecule has 0 spiro atoms. The molecule has 0 radical (unpaired) electrons. The van der Waals surface area contributed by atoms with Crippen LogP contribution in [0.1, 0.15) is 28.7 Å². The van der Waals surface area contributed by atoms with Gasteiger partial charge in [-0.25, -0.2) is 4.39 Å². The number of nitrogens with zero attached hydrogens (tertiary/aromatic N) is 2. The molecule has 1 heterocycles. The van der Waals surface area contributed by atoms with Crippen LogP contribution < -0.4 is 0 Å². The molecule has 2 rings (SSSR count). The molecule has 0 saturated carbocycles. The molecule has 0 N–H and O–H groups in total. The number of hydrogen-bond donors (Lipinski definition) is 0. The molecule has 2 aromatic rings. The third-order valence-corrected chi connectivity index (χ3v) is 3.23. The molecule has 0 aliphatic heterocycles. The Morgan fingerprint density at radius 2 is 2.11 bits per heavy atom. The summed E-state index contributed by atoms with van der Waals surface area (Å²) in [6.45, 7) is 4.42. The van der Waals surface area contributed by atoms with Crippen LogP contribution in [0.3, 0.4) is 0 Å². The van der Waals surface area contributed by atoms with Gasteiger partial charge in [-0.15, -0.1) is 0 Å². The molecule has 0 fully saturated rings. The Balaban J connectivity index is 2.25. The Labute approximate surface area is 119 Å². The van der Waals surface area contributed by atoms with Crippen molar-refractivity contribution in [3.8, 4) is 0 Å². The van der Waals surface area contributed by atoms with Crippen LogP contribution in [0.25, 0.3) is 0 Å². The van der Waals surface area contributed by atoms with Crippen molar-refractivity contribution in [3.63, 3.8) is 0 Å². The van der Waals surface area contributed by atoms with Gasteiger partial charge in [0.25, 0.3) is 0 Å². The van der Waals surface area contributed by atoms with Gasteiger partial charge in [0, 0.05) is 17.4 Å². The average molecular weight is 325 g/mol. The maximum Gasteiger partial charge on any atom is 0.185 e. The van der Waals surface area contributed by atoms with Crippen molar-refractivity contribution in [2.24, 2.45) is 0 Å². The van der Waals surface area contributed by atoms with Crippen molar-refractivity contribution >= 4 is 21.7 Å². The van der Waals surface area contributed by atoms with Crippen LogP contribution in [0, 0.1) is 12.7 Å². The number of halogens is 2. The second kappa shape index (κ2) is 5.65. The fourth-order valence-electron chi connectivity index (χ4n) is 2.00. The molecular weight excluding hydrogens is 311 g/mol. The molecular formula is C14H14BrFN2O. The average Bonchev–Trinajstić information content (AvgIpc) is 2.69. The van der Waals surface area contributed by atoms with E-state index in [9.17, 15) is 9.18 Å². The first-order valence-electron chi connectivity index (χ1n) is 6.02. The molecule has 0 aliphatic rings. The van der Waals surface area contributed by atoms with Crippen molar-refractivity contribution in [1.29, 1.82) is 0 Å². The van der Waals surface area contributed by atoms with E-state index < -0.39 is 0 Å². The van der Waals surface area contributed by atoms with Crippen molar-refractivity contribution in [1.82, 2.24) is 9.78 Å². The highest BCUT2D eigenvalue weighted by Gasteiger charge is 2.14. The number of aryl methyl sites for hydroxylation is 2. The minimum atomic E-state index is -0.350. The van der Waals surface area contributed by atoms with Gasteiger partial charge in [-0.05, 0) is 43.7 Å². The Morgan fingerprint density at radius 1 is 1.37 bits per heavy atom. The summed E-state index contributed by atoms with van der Waals surface area (Å²) in [5.41, 5.74) is 2.03. The number of Topliss-reactive ketones (excluding diaryl/α,β-unsaturated/α-hetero) is 1. The zero-order valence-electron chi connectivity index (χ0n) is 10.8. The highest BCUT2D eigenvalue weighted by atomic mass is 79.9. The van der Waals surface area contributed by atoms with E-state index in [1.165, 1.54) is 12.1 Å². The van der Waals surface area contributed by atoms with E-state index in [2.05, 4.69) is 21.0 Å². The second-order valence-corrected chi connectivity index (χ2v) is 5.28. The van der Waals surface area contributed by atoms with Crippen molar-refractivity contribution < 1.29 is 9.18 Å². The second-order valence-electron chi connectivity index (χ2n) is 4.36. The Kier molecular flexibility index (Phi) is 4.14. The lowest BCUT2D eigenvalue weighted by Gasteiger charge is -2.05. The fraction of sp³-hybridized carbons (Fsp3) is 0.286. The lowest BCUT2D eigenvalue weighted by atomic mass is 10.1. The summed E-state index contributed by atoms with van der Waals surface area (Å²) >= 11 is 3.22. The minimum Gasteiger partial charge on any atom is -0.292 e. The Hall–Kier alpha value is -1.49. The normalized spacial score (nSPS) is 10.7. The third-order valence-electron chi connectivity index (χ3n) is 2.77. The van der Waals surface area contributed by atoms with E-state index in [0.29, 0.717) is 22.3 Å². The van der Waals surface area contributed by atoms with E-state index in [1.807, 2.05) is 13.8 Å². The quantitative estimate of drug-likeness (QED) is 0.806. The van der Waals surface area contributed by atoms with Crippen LogP contribution in [0.15, 0.2) is 28.7 Å². The SMILES string of the molecule is CCn1nc(C)cc1C(=O)Cc1cc(F)cc(Br)c1. The summed E-state index contributed by atoms with van der Waals surface area (Å²) in [6.07, 6.45) is 0.168. The van der Waals surface area contributed by atoms with E-state index in [-0.39, 0.29) is 18.0 Å². The van der Waals surface area contributed by atoms with E-state index in [1.54, 1.807) is 16.8 Å². The summed E-state index contributed by atoms with van der Waals surface area (Å²) < 4.78 is 15.6.